The Hall–Kier alpha value is -3.02. The molecule has 1 atom stereocenters. The lowest BCUT2D eigenvalue weighted by atomic mass is 9.82. The normalized spacial score (nSPS) is 19.2. The van der Waals surface area contributed by atoms with Crippen LogP contribution in [0, 0.1) is 0 Å². The van der Waals surface area contributed by atoms with E-state index in [0.717, 1.165) is 36.1 Å². The van der Waals surface area contributed by atoms with Gasteiger partial charge in [-0.2, -0.15) is 0 Å². The monoisotopic (exact) mass is 493 g/mol. The summed E-state index contributed by atoms with van der Waals surface area (Å²) in [5.74, 6) is -0.306. The highest BCUT2D eigenvalue weighted by molar-refractivity contribution is 6.31. The van der Waals surface area contributed by atoms with Crippen molar-refractivity contribution in [3.8, 4) is 0 Å². The van der Waals surface area contributed by atoms with Crippen LogP contribution in [-0.4, -0.2) is 24.4 Å². The van der Waals surface area contributed by atoms with Crippen LogP contribution < -0.4 is 15.5 Å². The van der Waals surface area contributed by atoms with E-state index in [1.54, 1.807) is 18.2 Å². The molecule has 174 valence electrons. The molecule has 1 heterocycles. The molecule has 34 heavy (non-hydrogen) atoms. The Balaban J connectivity index is 1.64. The predicted octanol–water partition coefficient (Wildman–Crippen LogP) is 5.56. The predicted molar refractivity (Wildman–Crippen MR) is 136 cm³/mol. The number of hydrogen-bond acceptors (Lipinski definition) is 3. The van der Waals surface area contributed by atoms with Gasteiger partial charge in [0.05, 0.1) is 6.54 Å². The lowest BCUT2D eigenvalue weighted by Crippen LogP contribution is -2.57. The van der Waals surface area contributed by atoms with Gasteiger partial charge >= 0.3 is 0 Å². The average Bonchev–Trinajstić information content (AvgIpc) is 3.06. The van der Waals surface area contributed by atoms with Crippen LogP contribution in [0.2, 0.25) is 10.0 Å². The van der Waals surface area contributed by atoms with Gasteiger partial charge in [0.25, 0.3) is 5.91 Å². The Bertz CT molecular complexity index is 1230. The number of rotatable bonds is 7. The quantitative estimate of drug-likeness (QED) is 0.452. The van der Waals surface area contributed by atoms with Gasteiger partial charge in [0.15, 0.2) is 5.54 Å². The molecule has 5 nitrogen and oxygen atoms in total. The van der Waals surface area contributed by atoms with E-state index in [9.17, 15) is 9.59 Å². The number of carbonyl (C=O) groups is 2. The summed E-state index contributed by atoms with van der Waals surface area (Å²) in [6.07, 6.45) is 3.45. The Morgan fingerprint density at radius 2 is 1.76 bits per heavy atom. The van der Waals surface area contributed by atoms with Gasteiger partial charge in [-0.05, 0) is 61.2 Å². The molecule has 2 N–H and O–H groups in total. The van der Waals surface area contributed by atoms with Crippen LogP contribution in [0.1, 0.15) is 30.4 Å². The third kappa shape index (κ3) is 4.26. The molecule has 1 aliphatic heterocycles. The summed E-state index contributed by atoms with van der Waals surface area (Å²) < 4.78 is 0. The van der Waals surface area contributed by atoms with E-state index in [2.05, 4.69) is 10.6 Å². The second kappa shape index (κ2) is 9.32. The number of fused-ring (bicyclic) bond motifs is 1. The molecule has 0 saturated heterocycles. The maximum Gasteiger partial charge on any atom is 0.255 e. The minimum atomic E-state index is -1.16. The highest BCUT2D eigenvalue weighted by Crippen LogP contribution is 2.46. The van der Waals surface area contributed by atoms with Crippen molar-refractivity contribution in [2.24, 2.45) is 0 Å². The molecule has 1 fully saturated rings. The Kier molecular flexibility index (Phi) is 6.24. The van der Waals surface area contributed by atoms with Crippen LogP contribution in [0.25, 0.3) is 0 Å². The first-order valence-corrected chi connectivity index (χ1v) is 12.2. The molecule has 3 aromatic rings. The number of nitrogens with one attached hydrogen (secondary N) is 2. The first-order chi connectivity index (χ1) is 16.5. The molecule has 0 aromatic heterocycles. The number of amides is 2. The van der Waals surface area contributed by atoms with Crippen molar-refractivity contribution in [1.29, 1.82) is 0 Å². The number of benzene rings is 3. The van der Waals surface area contributed by atoms with Gasteiger partial charge in [0.2, 0.25) is 5.91 Å². The van der Waals surface area contributed by atoms with Crippen LogP contribution in [0.5, 0.6) is 0 Å². The highest BCUT2D eigenvalue weighted by atomic mass is 35.5. The van der Waals surface area contributed by atoms with E-state index < -0.39 is 5.54 Å². The van der Waals surface area contributed by atoms with Crippen LogP contribution in [0.15, 0.2) is 72.8 Å². The molecule has 5 rings (SSSR count). The van der Waals surface area contributed by atoms with E-state index in [4.69, 9.17) is 23.2 Å². The molecule has 1 saturated carbocycles. The fourth-order valence-electron chi connectivity index (χ4n) is 4.83. The minimum absolute atomic E-state index is 0.0383. The summed E-state index contributed by atoms with van der Waals surface area (Å²) in [5.41, 5.74) is 1.95. The topological polar surface area (TPSA) is 61.4 Å². The van der Waals surface area contributed by atoms with E-state index >= 15 is 0 Å². The van der Waals surface area contributed by atoms with Crippen LogP contribution in [0.3, 0.4) is 0 Å². The zero-order valence-corrected chi connectivity index (χ0v) is 20.1. The maximum absolute atomic E-state index is 13.9. The van der Waals surface area contributed by atoms with Gasteiger partial charge in [-0.3, -0.25) is 9.59 Å². The Labute approximate surface area is 209 Å². The van der Waals surface area contributed by atoms with Gasteiger partial charge < -0.3 is 15.5 Å². The number of nitrogens with zero attached hydrogens (tertiary/aromatic N) is 1. The summed E-state index contributed by atoms with van der Waals surface area (Å²) in [6.45, 7) is 0.0383. The molecule has 3 aromatic carbocycles. The largest absolute Gasteiger partial charge is 0.352 e. The van der Waals surface area contributed by atoms with Gasteiger partial charge in [0.1, 0.15) is 0 Å². The molecular weight excluding hydrogens is 469 g/mol. The van der Waals surface area contributed by atoms with Crippen molar-refractivity contribution in [2.45, 2.75) is 37.3 Å². The number of carbonyl (C=O) groups excluding carboxylic acids is 2. The number of hydrogen-bond donors (Lipinski definition) is 2. The fourth-order valence-corrected chi connectivity index (χ4v) is 5.22. The highest BCUT2D eigenvalue weighted by Gasteiger charge is 2.52. The molecule has 0 spiro atoms. The van der Waals surface area contributed by atoms with Gasteiger partial charge in [-0.1, -0.05) is 59.6 Å². The van der Waals surface area contributed by atoms with Gasteiger partial charge in [-0.15, -0.1) is 0 Å². The number of anilines is 2. The lowest BCUT2D eigenvalue weighted by molar-refractivity contribution is -0.122. The van der Waals surface area contributed by atoms with Crippen molar-refractivity contribution < 1.29 is 9.59 Å². The molecule has 2 amide bonds. The second-order valence-electron chi connectivity index (χ2n) is 8.93. The van der Waals surface area contributed by atoms with Crippen molar-refractivity contribution >= 4 is 46.4 Å². The van der Waals surface area contributed by atoms with Crippen LogP contribution >= 0.6 is 23.2 Å². The fraction of sp³-hybridized carbons (Fsp3) is 0.259. The third-order valence-corrected chi connectivity index (χ3v) is 7.17. The molecule has 0 radical (unpaired) electrons. The molecule has 0 bridgehead atoms. The summed E-state index contributed by atoms with van der Waals surface area (Å²) in [5, 5.41) is 7.27. The lowest BCUT2D eigenvalue weighted by Gasteiger charge is -2.42. The van der Waals surface area contributed by atoms with Gasteiger partial charge in [0, 0.05) is 39.4 Å². The molecule has 2 aliphatic rings. The van der Waals surface area contributed by atoms with Crippen molar-refractivity contribution in [3.05, 3.63) is 94.0 Å². The SMILES string of the molecule is O=C(CN(c1ccccc1)C1(Cc2cccc(Cl)c2)C(=O)Nc2cc(Cl)ccc21)NC1CCC1. The van der Waals surface area contributed by atoms with Gasteiger partial charge in [-0.25, -0.2) is 0 Å². The summed E-state index contributed by atoms with van der Waals surface area (Å²) in [7, 11) is 0. The molecule has 7 heteroatoms. The summed E-state index contributed by atoms with van der Waals surface area (Å²) in [6, 6.07) is 22.7. The zero-order chi connectivity index (χ0) is 23.7. The minimum Gasteiger partial charge on any atom is -0.352 e. The van der Waals surface area contributed by atoms with Crippen molar-refractivity contribution in [1.82, 2.24) is 5.32 Å². The van der Waals surface area contributed by atoms with E-state index in [0.29, 0.717) is 22.2 Å². The smallest absolute Gasteiger partial charge is 0.255 e. The van der Waals surface area contributed by atoms with E-state index in [-0.39, 0.29) is 24.4 Å². The standard InChI is InChI=1S/C27H25Cl2N3O2/c28-19-7-4-6-18(14-19)16-27(23-13-12-20(29)15-24(23)31-26(27)34)32(22-10-2-1-3-11-22)17-25(33)30-21-8-5-9-21/h1-4,6-7,10-15,21H,5,8-9,16-17H2,(H,30,33)(H,31,34). The first-order valence-electron chi connectivity index (χ1n) is 11.4. The Morgan fingerprint density at radius 1 is 1.00 bits per heavy atom. The van der Waals surface area contributed by atoms with E-state index in [1.807, 2.05) is 59.5 Å². The summed E-state index contributed by atoms with van der Waals surface area (Å²) in [4.78, 5) is 29.0. The third-order valence-electron chi connectivity index (χ3n) is 6.70. The van der Waals surface area contributed by atoms with Crippen LogP contribution in [-0.2, 0) is 21.5 Å². The Morgan fingerprint density at radius 3 is 2.47 bits per heavy atom. The first kappa shape index (κ1) is 22.8. The number of para-hydroxylation sites is 1. The van der Waals surface area contributed by atoms with Crippen molar-refractivity contribution in [2.75, 3.05) is 16.8 Å². The van der Waals surface area contributed by atoms with Crippen LogP contribution in [0.4, 0.5) is 11.4 Å². The average molecular weight is 494 g/mol. The van der Waals surface area contributed by atoms with Crippen molar-refractivity contribution in [3.63, 3.8) is 0 Å². The summed E-state index contributed by atoms with van der Waals surface area (Å²) >= 11 is 12.6. The maximum atomic E-state index is 13.9. The molecule has 1 aliphatic carbocycles. The molecule has 1 unspecified atom stereocenters. The number of halogens is 2. The molecular formula is C27H25Cl2N3O2. The van der Waals surface area contributed by atoms with E-state index in [1.165, 1.54) is 0 Å². The zero-order valence-electron chi connectivity index (χ0n) is 18.6. The second-order valence-corrected chi connectivity index (χ2v) is 9.80.